The van der Waals surface area contributed by atoms with Crippen LogP contribution in [0.3, 0.4) is 0 Å². The van der Waals surface area contributed by atoms with E-state index < -0.39 is 17.9 Å². The van der Waals surface area contributed by atoms with E-state index in [-0.39, 0.29) is 4.32 Å². The third-order valence-corrected chi connectivity index (χ3v) is 5.25. The number of carboxylic acids is 1. The minimum atomic E-state index is -1.09. The van der Waals surface area contributed by atoms with Crippen LogP contribution in [0.4, 0.5) is 5.69 Å². The van der Waals surface area contributed by atoms with Crippen molar-refractivity contribution in [2.45, 2.75) is 19.9 Å². The molecule has 130 valence electrons. The molecule has 2 heterocycles. The number of allylic oxidation sites excluding steroid dienone is 2. The average Bonchev–Trinajstić information content (AvgIpc) is 3.08. The number of hydrogen-bond acceptors (Lipinski definition) is 6. The number of anilines is 1. The summed E-state index contributed by atoms with van der Waals surface area (Å²) in [6.45, 7) is 4.16. The number of carbonyl (C=O) groups excluding carboxylic acids is 1. The van der Waals surface area contributed by atoms with Crippen molar-refractivity contribution >= 4 is 45.9 Å². The lowest BCUT2D eigenvalue weighted by atomic mass is 10.3. The Hall–Kier alpha value is -2.32. The smallest absolute Gasteiger partial charge is 0.326 e. The number of ether oxygens (including phenoxy) is 1. The van der Waals surface area contributed by atoms with Gasteiger partial charge in [-0.2, -0.15) is 0 Å². The summed E-state index contributed by atoms with van der Waals surface area (Å²) in [4.78, 5) is 27.1. The molecule has 2 aliphatic rings. The molecule has 1 atom stereocenters. The number of benzene rings is 1. The molecule has 25 heavy (non-hydrogen) atoms. The highest BCUT2D eigenvalue weighted by Gasteiger charge is 2.38. The van der Waals surface area contributed by atoms with Gasteiger partial charge in [0.1, 0.15) is 10.4 Å². The molecule has 8 heteroatoms. The molecule has 1 amide bonds. The average molecular weight is 376 g/mol. The Balaban J connectivity index is 1.85. The van der Waals surface area contributed by atoms with Crippen LogP contribution in [0.15, 0.2) is 47.2 Å². The fourth-order valence-corrected chi connectivity index (χ4v) is 3.95. The molecule has 0 spiro atoms. The summed E-state index contributed by atoms with van der Waals surface area (Å²) in [5.74, 6) is -0.126. The molecule has 0 bridgehead atoms. The van der Waals surface area contributed by atoms with Crippen LogP contribution in [-0.4, -0.2) is 38.8 Å². The van der Waals surface area contributed by atoms with Gasteiger partial charge in [0.15, 0.2) is 5.75 Å². The standard InChI is InChI=1S/C17H16N2O4S2/c1-3-18-11-6-4-5-7-12(11)23-14(18)9-8-13-15(20)19(17(24)25-13)10(2)16(21)22/h4-10H,3H2,1-2H3,(H,21,22). The summed E-state index contributed by atoms with van der Waals surface area (Å²) in [7, 11) is 0. The molecule has 3 rings (SSSR count). The first-order chi connectivity index (χ1) is 11.9. The monoisotopic (exact) mass is 376 g/mol. The number of carboxylic acid groups (broad SMARTS) is 1. The minimum absolute atomic E-state index is 0.243. The summed E-state index contributed by atoms with van der Waals surface area (Å²) in [6, 6.07) is 6.69. The second kappa shape index (κ2) is 6.89. The first-order valence-electron chi connectivity index (χ1n) is 7.68. The van der Waals surface area contributed by atoms with Crippen molar-refractivity contribution in [3.05, 3.63) is 47.2 Å². The molecule has 1 aromatic rings. The quantitative estimate of drug-likeness (QED) is 0.640. The highest BCUT2D eigenvalue weighted by atomic mass is 32.2. The Morgan fingerprint density at radius 1 is 1.40 bits per heavy atom. The fourth-order valence-electron chi connectivity index (χ4n) is 2.59. The van der Waals surface area contributed by atoms with Crippen molar-refractivity contribution in [1.29, 1.82) is 0 Å². The second-order valence-corrected chi connectivity index (χ2v) is 7.08. The van der Waals surface area contributed by atoms with Gasteiger partial charge >= 0.3 is 5.97 Å². The van der Waals surface area contributed by atoms with Gasteiger partial charge in [0.05, 0.1) is 10.6 Å². The van der Waals surface area contributed by atoms with Gasteiger partial charge in [-0.15, -0.1) is 0 Å². The molecule has 0 saturated carbocycles. The van der Waals surface area contributed by atoms with Gasteiger partial charge in [-0.25, -0.2) is 4.79 Å². The lowest BCUT2D eigenvalue weighted by molar-refractivity contribution is -0.144. The number of para-hydroxylation sites is 2. The predicted molar refractivity (Wildman–Crippen MR) is 100 cm³/mol. The highest BCUT2D eigenvalue weighted by Crippen LogP contribution is 2.39. The van der Waals surface area contributed by atoms with Gasteiger partial charge in [0, 0.05) is 12.6 Å². The molecular formula is C17H16N2O4S2. The van der Waals surface area contributed by atoms with Crippen molar-refractivity contribution in [3.63, 3.8) is 0 Å². The van der Waals surface area contributed by atoms with Crippen LogP contribution in [0, 0.1) is 0 Å². The Labute approximate surface area is 154 Å². The second-order valence-electron chi connectivity index (χ2n) is 5.41. The van der Waals surface area contributed by atoms with E-state index in [4.69, 9.17) is 22.1 Å². The molecule has 1 saturated heterocycles. The Bertz CT molecular complexity index is 819. The number of thioether (sulfide) groups is 1. The summed E-state index contributed by atoms with van der Waals surface area (Å²) in [6.07, 6.45) is 3.33. The van der Waals surface area contributed by atoms with E-state index in [1.165, 1.54) is 6.92 Å². The van der Waals surface area contributed by atoms with Crippen LogP contribution in [-0.2, 0) is 9.59 Å². The Morgan fingerprint density at radius 2 is 2.12 bits per heavy atom. The number of fused-ring (bicyclic) bond motifs is 1. The van der Waals surface area contributed by atoms with E-state index in [0.29, 0.717) is 17.3 Å². The van der Waals surface area contributed by atoms with Gasteiger partial charge in [-0.1, -0.05) is 36.1 Å². The lowest BCUT2D eigenvalue weighted by Crippen LogP contribution is -2.41. The largest absolute Gasteiger partial charge is 0.480 e. The zero-order valence-electron chi connectivity index (χ0n) is 13.6. The molecule has 0 aromatic heterocycles. The van der Waals surface area contributed by atoms with Crippen LogP contribution < -0.4 is 9.64 Å². The van der Waals surface area contributed by atoms with Crippen LogP contribution >= 0.6 is 24.0 Å². The molecule has 0 radical (unpaired) electrons. The minimum Gasteiger partial charge on any atom is -0.480 e. The molecule has 1 N–H and O–H groups in total. The maximum absolute atomic E-state index is 12.4. The first-order valence-corrected chi connectivity index (χ1v) is 8.91. The van der Waals surface area contributed by atoms with Gasteiger partial charge in [-0.3, -0.25) is 9.69 Å². The summed E-state index contributed by atoms with van der Waals surface area (Å²) in [5.41, 5.74) is 0.969. The van der Waals surface area contributed by atoms with Crippen LogP contribution in [0.25, 0.3) is 0 Å². The van der Waals surface area contributed by atoms with Crippen molar-refractivity contribution in [2.24, 2.45) is 0 Å². The van der Waals surface area contributed by atoms with Crippen LogP contribution in [0.2, 0.25) is 0 Å². The summed E-state index contributed by atoms with van der Waals surface area (Å²) >= 11 is 6.23. The number of rotatable bonds is 4. The van der Waals surface area contributed by atoms with Crippen molar-refractivity contribution in [2.75, 3.05) is 11.4 Å². The molecule has 1 fully saturated rings. The zero-order chi connectivity index (χ0) is 18.1. The number of carbonyl (C=O) groups is 2. The molecule has 1 unspecified atom stereocenters. The Kier molecular flexibility index (Phi) is 4.82. The maximum Gasteiger partial charge on any atom is 0.326 e. The van der Waals surface area contributed by atoms with E-state index in [0.717, 1.165) is 28.1 Å². The van der Waals surface area contributed by atoms with Gasteiger partial charge in [-0.05, 0) is 32.1 Å². The van der Waals surface area contributed by atoms with Gasteiger partial charge in [0.2, 0.25) is 5.88 Å². The van der Waals surface area contributed by atoms with Crippen LogP contribution in [0.1, 0.15) is 13.8 Å². The summed E-state index contributed by atoms with van der Waals surface area (Å²) < 4.78 is 6.07. The molecular weight excluding hydrogens is 360 g/mol. The topological polar surface area (TPSA) is 70.1 Å². The van der Waals surface area contributed by atoms with E-state index >= 15 is 0 Å². The number of nitrogens with zero attached hydrogens (tertiary/aromatic N) is 2. The fraction of sp³-hybridized carbons (Fsp3) is 0.235. The van der Waals surface area contributed by atoms with Gasteiger partial charge in [0.25, 0.3) is 5.91 Å². The summed E-state index contributed by atoms with van der Waals surface area (Å²) in [5, 5.41) is 9.11. The van der Waals surface area contributed by atoms with Crippen molar-refractivity contribution < 1.29 is 19.4 Å². The van der Waals surface area contributed by atoms with Gasteiger partial charge < -0.3 is 14.7 Å². The number of hydrogen-bond donors (Lipinski definition) is 1. The van der Waals surface area contributed by atoms with Crippen molar-refractivity contribution in [3.8, 4) is 5.75 Å². The third kappa shape index (κ3) is 3.14. The lowest BCUT2D eigenvalue weighted by Gasteiger charge is -2.18. The maximum atomic E-state index is 12.4. The van der Waals surface area contributed by atoms with E-state index in [2.05, 4.69) is 0 Å². The van der Waals surface area contributed by atoms with Crippen molar-refractivity contribution in [1.82, 2.24) is 4.90 Å². The first kappa shape index (κ1) is 17.5. The predicted octanol–water partition coefficient (Wildman–Crippen LogP) is 2.96. The normalized spacial score (nSPS) is 21.0. The van der Waals surface area contributed by atoms with E-state index in [1.54, 1.807) is 12.2 Å². The van der Waals surface area contributed by atoms with E-state index in [1.807, 2.05) is 36.1 Å². The van der Waals surface area contributed by atoms with E-state index in [9.17, 15) is 9.59 Å². The molecule has 0 aliphatic carbocycles. The Morgan fingerprint density at radius 3 is 2.80 bits per heavy atom. The number of aliphatic carboxylic acids is 1. The molecule has 2 aliphatic heterocycles. The number of amides is 1. The third-order valence-electron chi connectivity index (χ3n) is 3.90. The molecule has 6 nitrogen and oxygen atoms in total. The SMILES string of the molecule is CCN1C(=CC=C2SC(=S)N(C(C)C(=O)O)C2=O)Oc2ccccc21. The van der Waals surface area contributed by atoms with Crippen LogP contribution in [0.5, 0.6) is 5.75 Å². The molecule has 1 aromatic carbocycles. The highest BCUT2D eigenvalue weighted by molar-refractivity contribution is 8.26. The number of thiocarbonyl (C=S) groups is 1. The zero-order valence-corrected chi connectivity index (χ0v) is 15.3.